The van der Waals surface area contributed by atoms with E-state index in [1.807, 2.05) is 12.1 Å². The van der Waals surface area contributed by atoms with Crippen molar-refractivity contribution in [2.45, 2.75) is 0 Å². The molecule has 0 saturated carbocycles. The van der Waals surface area contributed by atoms with Crippen LogP contribution in [-0.2, 0) is 0 Å². The summed E-state index contributed by atoms with van der Waals surface area (Å²) in [5.74, 6) is 0.133. The molecule has 2 rings (SSSR count). The predicted molar refractivity (Wildman–Crippen MR) is 83.6 cm³/mol. The second kappa shape index (κ2) is 5.66. The molecule has 0 aromatic heterocycles. The molecule has 4 nitrogen and oxygen atoms in total. The van der Waals surface area contributed by atoms with Crippen molar-refractivity contribution in [1.29, 1.82) is 0 Å². The number of halogens is 2. The van der Waals surface area contributed by atoms with Gasteiger partial charge in [0.05, 0.1) is 10.6 Å². The van der Waals surface area contributed by atoms with E-state index in [1.165, 1.54) is 12.1 Å². The van der Waals surface area contributed by atoms with E-state index in [2.05, 4.69) is 22.6 Å². The average molecular weight is 389 g/mol. The number of nitrogens with two attached hydrogens (primary N) is 2. The maximum Gasteiger partial charge on any atom is 0.252 e. The highest BCUT2D eigenvalue weighted by atomic mass is 127. The third-order valence-corrected chi connectivity index (χ3v) is 3.36. The second-order valence-electron chi connectivity index (χ2n) is 3.80. The summed E-state index contributed by atoms with van der Waals surface area (Å²) >= 11 is 8.23. The standard InChI is InChI=1S/C13H10ClIN2O2/c14-11-6-8(16)5-10(13(17)18)12(11)19-9-3-1-7(15)2-4-9/h1-6H,16H2,(H2,17,18). The molecule has 0 unspecified atom stereocenters. The van der Waals surface area contributed by atoms with Crippen LogP contribution in [0.15, 0.2) is 36.4 Å². The lowest BCUT2D eigenvalue weighted by Crippen LogP contribution is -2.13. The molecule has 0 bridgehead atoms. The first-order chi connectivity index (χ1) is 8.97. The number of hydrogen-bond acceptors (Lipinski definition) is 3. The van der Waals surface area contributed by atoms with Crippen molar-refractivity contribution in [2.75, 3.05) is 5.73 Å². The van der Waals surface area contributed by atoms with Crippen LogP contribution in [0.1, 0.15) is 10.4 Å². The Morgan fingerprint density at radius 3 is 2.42 bits per heavy atom. The van der Waals surface area contributed by atoms with E-state index in [1.54, 1.807) is 12.1 Å². The van der Waals surface area contributed by atoms with Crippen LogP contribution in [0.2, 0.25) is 5.02 Å². The molecule has 0 atom stereocenters. The SMILES string of the molecule is NC(=O)c1cc(N)cc(Cl)c1Oc1ccc(I)cc1. The summed E-state index contributed by atoms with van der Waals surface area (Å²) in [6, 6.07) is 10.3. The lowest BCUT2D eigenvalue weighted by molar-refractivity contribution is 0.0998. The zero-order chi connectivity index (χ0) is 14.0. The van der Waals surface area contributed by atoms with Crippen molar-refractivity contribution >= 4 is 45.8 Å². The molecule has 0 fully saturated rings. The van der Waals surface area contributed by atoms with Gasteiger partial charge in [-0.2, -0.15) is 0 Å². The molecule has 0 heterocycles. The summed E-state index contributed by atoms with van der Waals surface area (Å²) in [5.41, 5.74) is 11.4. The molecular weight excluding hydrogens is 379 g/mol. The van der Waals surface area contributed by atoms with Gasteiger partial charge in [0.25, 0.3) is 5.91 Å². The number of amides is 1. The first-order valence-electron chi connectivity index (χ1n) is 5.29. The van der Waals surface area contributed by atoms with E-state index in [-0.39, 0.29) is 16.3 Å². The van der Waals surface area contributed by atoms with Gasteiger partial charge in [0.15, 0.2) is 5.75 Å². The van der Waals surface area contributed by atoms with Gasteiger partial charge in [-0.15, -0.1) is 0 Å². The van der Waals surface area contributed by atoms with Gasteiger partial charge in [-0.05, 0) is 59.0 Å². The van der Waals surface area contributed by atoms with Crippen molar-refractivity contribution in [3.8, 4) is 11.5 Å². The molecule has 0 aliphatic rings. The number of benzene rings is 2. The zero-order valence-electron chi connectivity index (χ0n) is 9.69. The number of nitrogen functional groups attached to an aromatic ring is 1. The number of primary amides is 1. The molecule has 4 N–H and O–H groups in total. The van der Waals surface area contributed by atoms with Gasteiger partial charge in [-0.1, -0.05) is 11.6 Å². The molecule has 0 spiro atoms. The highest BCUT2D eigenvalue weighted by Gasteiger charge is 2.15. The number of carbonyl (C=O) groups is 1. The van der Waals surface area contributed by atoms with Crippen LogP contribution in [-0.4, -0.2) is 5.91 Å². The fourth-order valence-electron chi connectivity index (χ4n) is 1.52. The normalized spacial score (nSPS) is 10.2. The largest absolute Gasteiger partial charge is 0.455 e. The maximum absolute atomic E-state index is 11.4. The monoisotopic (exact) mass is 388 g/mol. The zero-order valence-corrected chi connectivity index (χ0v) is 12.6. The van der Waals surface area contributed by atoms with Crippen LogP contribution in [0.5, 0.6) is 11.5 Å². The topological polar surface area (TPSA) is 78.3 Å². The minimum atomic E-state index is -0.644. The molecule has 0 saturated heterocycles. The molecule has 1 amide bonds. The molecule has 6 heteroatoms. The third kappa shape index (κ3) is 3.30. The lowest BCUT2D eigenvalue weighted by atomic mass is 10.1. The second-order valence-corrected chi connectivity index (χ2v) is 5.45. The van der Waals surface area contributed by atoms with Crippen molar-refractivity contribution < 1.29 is 9.53 Å². The van der Waals surface area contributed by atoms with Crippen LogP contribution < -0.4 is 16.2 Å². The number of carbonyl (C=O) groups excluding carboxylic acids is 1. The van der Waals surface area contributed by atoms with Crippen LogP contribution in [0, 0.1) is 3.57 Å². The summed E-state index contributed by atoms with van der Waals surface area (Å²) in [5, 5.41) is 0.243. The Morgan fingerprint density at radius 2 is 1.84 bits per heavy atom. The van der Waals surface area contributed by atoms with Crippen LogP contribution in [0.25, 0.3) is 0 Å². The molecule has 19 heavy (non-hydrogen) atoms. The maximum atomic E-state index is 11.4. The predicted octanol–water partition coefficient (Wildman–Crippen LogP) is 3.42. The number of hydrogen-bond donors (Lipinski definition) is 2. The third-order valence-electron chi connectivity index (χ3n) is 2.36. The van der Waals surface area contributed by atoms with E-state index >= 15 is 0 Å². The molecule has 0 aliphatic heterocycles. The molecule has 98 valence electrons. The van der Waals surface area contributed by atoms with Gasteiger partial charge in [0, 0.05) is 9.26 Å². The molecule has 0 radical (unpaired) electrons. The van der Waals surface area contributed by atoms with Gasteiger partial charge >= 0.3 is 0 Å². The fraction of sp³-hybridized carbons (Fsp3) is 0. The highest BCUT2D eigenvalue weighted by Crippen LogP contribution is 2.35. The average Bonchev–Trinajstić information content (AvgIpc) is 2.34. The van der Waals surface area contributed by atoms with E-state index in [0.29, 0.717) is 11.4 Å². The van der Waals surface area contributed by atoms with Gasteiger partial charge < -0.3 is 16.2 Å². The Hall–Kier alpha value is -1.47. The molecule has 2 aromatic carbocycles. The van der Waals surface area contributed by atoms with Crippen molar-refractivity contribution in [2.24, 2.45) is 5.73 Å². The van der Waals surface area contributed by atoms with Crippen molar-refractivity contribution in [3.63, 3.8) is 0 Å². The Kier molecular flexibility index (Phi) is 4.16. The number of anilines is 1. The number of ether oxygens (including phenoxy) is 1. The van der Waals surface area contributed by atoms with Crippen molar-refractivity contribution in [3.05, 3.63) is 50.6 Å². The summed E-state index contributed by atoms with van der Waals surface area (Å²) in [7, 11) is 0. The Bertz CT molecular complexity index is 629. The van der Waals surface area contributed by atoms with E-state index in [4.69, 9.17) is 27.8 Å². The first-order valence-corrected chi connectivity index (χ1v) is 6.75. The molecular formula is C13H10ClIN2O2. The Labute approximate surface area is 128 Å². The smallest absolute Gasteiger partial charge is 0.252 e. The molecule has 2 aromatic rings. The first kappa shape index (κ1) is 14.0. The summed E-state index contributed by atoms with van der Waals surface area (Å²) in [4.78, 5) is 11.4. The van der Waals surface area contributed by atoms with Gasteiger partial charge in [-0.3, -0.25) is 4.79 Å². The quantitative estimate of drug-likeness (QED) is 0.625. The van der Waals surface area contributed by atoms with Crippen LogP contribution in [0.4, 0.5) is 5.69 Å². The van der Waals surface area contributed by atoms with Gasteiger partial charge in [-0.25, -0.2) is 0 Å². The highest BCUT2D eigenvalue weighted by molar-refractivity contribution is 14.1. The fourth-order valence-corrected chi connectivity index (χ4v) is 2.15. The summed E-state index contributed by atoms with van der Waals surface area (Å²) < 4.78 is 6.69. The summed E-state index contributed by atoms with van der Waals surface area (Å²) in [6.45, 7) is 0. The van der Waals surface area contributed by atoms with Gasteiger partial charge in [0.1, 0.15) is 5.75 Å². The Morgan fingerprint density at radius 1 is 1.21 bits per heavy atom. The van der Waals surface area contributed by atoms with E-state index in [0.717, 1.165) is 3.57 Å². The van der Waals surface area contributed by atoms with E-state index in [9.17, 15) is 4.79 Å². The van der Waals surface area contributed by atoms with Crippen LogP contribution in [0.3, 0.4) is 0 Å². The van der Waals surface area contributed by atoms with E-state index < -0.39 is 5.91 Å². The number of rotatable bonds is 3. The molecule has 0 aliphatic carbocycles. The van der Waals surface area contributed by atoms with Crippen LogP contribution >= 0.6 is 34.2 Å². The minimum absolute atomic E-state index is 0.156. The lowest BCUT2D eigenvalue weighted by Gasteiger charge is -2.12. The Balaban J connectivity index is 2.44. The van der Waals surface area contributed by atoms with Crippen molar-refractivity contribution in [1.82, 2.24) is 0 Å². The van der Waals surface area contributed by atoms with Gasteiger partial charge in [0.2, 0.25) is 0 Å². The summed E-state index contributed by atoms with van der Waals surface area (Å²) in [6.07, 6.45) is 0. The minimum Gasteiger partial charge on any atom is -0.455 e.